The topological polar surface area (TPSA) is 80.9 Å². The zero-order valence-corrected chi connectivity index (χ0v) is 10.2. The molecular formula is C10H9FN4O2S. The Labute approximate surface area is 106 Å². The van der Waals surface area contributed by atoms with E-state index in [1.165, 1.54) is 28.6 Å². The maximum Gasteiger partial charge on any atom is 0.335 e. The third-order valence-corrected chi connectivity index (χ3v) is 3.24. The maximum atomic E-state index is 13.2. The minimum Gasteiger partial charge on any atom is -0.478 e. The van der Waals surface area contributed by atoms with Gasteiger partial charge in [0.25, 0.3) is 0 Å². The van der Waals surface area contributed by atoms with Crippen molar-refractivity contribution in [1.82, 2.24) is 20.2 Å². The number of carbonyl (C=O) groups is 1. The molecule has 0 unspecified atom stereocenters. The smallest absolute Gasteiger partial charge is 0.335 e. The van der Waals surface area contributed by atoms with E-state index in [0.717, 1.165) is 6.07 Å². The van der Waals surface area contributed by atoms with Crippen molar-refractivity contribution in [3.8, 4) is 0 Å². The number of thioether (sulfide) groups is 1. The van der Waals surface area contributed by atoms with Gasteiger partial charge in [-0.25, -0.2) is 13.9 Å². The number of aromatic nitrogens is 4. The van der Waals surface area contributed by atoms with E-state index in [2.05, 4.69) is 15.5 Å². The van der Waals surface area contributed by atoms with Gasteiger partial charge in [0, 0.05) is 12.8 Å². The van der Waals surface area contributed by atoms with Gasteiger partial charge in [0.15, 0.2) is 0 Å². The number of benzene rings is 1. The number of hydrogen-bond donors (Lipinski definition) is 1. The Hall–Kier alpha value is -1.96. The minimum absolute atomic E-state index is 0.0679. The van der Waals surface area contributed by atoms with Crippen LogP contribution < -0.4 is 0 Å². The van der Waals surface area contributed by atoms with Gasteiger partial charge in [-0.3, -0.25) is 0 Å². The van der Waals surface area contributed by atoms with Crippen molar-refractivity contribution in [2.75, 3.05) is 0 Å². The van der Waals surface area contributed by atoms with Gasteiger partial charge < -0.3 is 5.11 Å². The summed E-state index contributed by atoms with van der Waals surface area (Å²) >= 11 is 1.30. The molecule has 6 nitrogen and oxygen atoms in total. The predicted molar refractivity (Wildman–Crippen MR) is 61.7 cm³/mol. The number of aryl methyl sites for hydroxylation is 1. The summed E-state index contributed by atoms with van der Waals surface area (Å²) in [5.41, 5.74) is 0.502. The molecule has 0 spiro atoms. The molecule has 0 atom stereocenters. The second kappa shape index (κ2) is 5.13. The fraction of sp³-hybridized carbons (Fsp3) is 0.200. The first kappa shape index (κ1) is 12.5. The maximum absolute atomic E-state index is 13.2. The summed E-state index contributed by atoms with van der Waals surface area (Å²) in [6.45, 7) is 0. The second-order valence-electron chi connectivity index (χ2n) is 3.53. The first-order valence-electron chi connectivity index (χ1n) is 4.94. The lowest BCUT2D eigenvalue weighted by Gasteiger charge is -2.02. The van der Waals surface area contributed by atoms with Gasteiger partial charge in [-0.2, -0.15) is 0 Å². The lowest BCUT2D eigenvalue weighted by molar-refractivity contribution is 0.0696. The summed E-state index contributed by atoms with van der Waals surface area (Å²) in [5.74, 6) is -1.32. The van der Waals surface area contributed by atoms with Crippen LogP contribution in [0.15, 0.2) is 23.4 Å². The first-order chi connectivity index (χ1) is 8.56. The van der Waals surface area contributed by atoms with Crippen molar-refractivity contribution in [3.63, 3.8) is 0 Å². The number of carboxylic acid groups (broad SMARTS) is 1. The van der Waals surface area contributed by atoms with Gasteiger partial charge in [-0.1, -0.05) is 11.8 Å². The zero-order chi connectivity index (χ0) is 13.1. The van der Waals surface area contributed by atoms with Crippen molar-refractivity contribution in [1.29, 1.82) is 0 Å². The molecule has 2 aromatic rings. The summed E-state index contributed by atoms with van der Waals surface area (Å²) < 4.78 is 14.7. The third kappa shape index (κ3) is 2.83. The highest BCUT2D eigenvalue weighted by Crippen LogP contribution is 2.20. The van der Waals surface area contributed by atoms with Gasteiger partial charge >= 0.3 is 5.97 Å². The number of halogens is 1. The largest absolute Gasteiger partial charge is 0.478 e. The van der Waals surface area contributed by atoms with Gasteiger partial charge in [0.2, 0.25) is 5.16 Å². The number of aromatic carboxylic acids is 1. The fourth-order valence-electron chi connectivity index (χ4n) is 1.35. The van der Waals surface area contributed by atoms with E-state index in [0.29, 0.717) is 16.5 Å². The lowest BCUT2D eigenvalue weighted by Crippen LogP contribution is -1.99. The van der Waals surface area contributed by atoms with E-state index in [9.17, 15) is 9.18 Å². The van der Waals surface area contributed by atoms with Crippen molar-refractivity contribution in [2.24, 2.45) is 7.05 Å². The Balaban J connectivity index is 2.14. The standard InChI is InChI=1S/C10H9FN4O2S/c1-15-10(12-13-14-15)18-5-6-2-7(9(16)17)4-8(11)3-6/h2-4H,5H2,1H3,(H,16,17). The molecular weight excluding hydrogens is 259 g/mol. The summed E-state index contributed by atoms with van der Waals surface area (Å²) in [7, 11) is 1.69. The Kier molecular flexibility index (Phi) is 3.56. The molecule has 1 N–H and O–H groups in total. The molecule has 1 heterocycles. The quantitative estimate of drug-likeness (QED) is 0.843. The summed E-state index contributed by atoms with van der Waals surface area (Å²) in [4.78, 5) is 10.8. The molecule has 94 valence electrons. The highest BCUT2D eigenvalue weighted by molar-refractivity contribution is 7.98. The van der Waals surface area contributed by atoms with E-state index in [1.807, 2.05) is 0 Å². The SMILES string of the molecule is Cn1nnnc1SCc1cc(F)cc(C(=O)O)c1. The molecule has 0 saturated heterocycles. The van der Waals surface area contributed by atoms with Crippen molar-refractivity contribution >= 4 is 17.7 Å². The van der Waals surface area contributed by atoms with E-state index in [1.54, 1.807) is 7.05 Å². The van der Waals surface area contributed by atoms with Crippen LogP contribution in [-0.2, 0) is 12.8 Å². The summed E-state index contributed by atoms with van der Waals surface area (Å²) in [5, 5.41) is 20.3. The predicted octanol–water partition coefficient (Wildman–Crippen LogP) is 1.34. The fourth-order valence-corrected chi connectivity index (χ4v) is 2.13. The molecule has 0 saturated carbocycles. The normalized spacial score (nSPS) is 10.6. The van der Waals surface area contributed by atoms with Crippen LogP contribution in [0, 0.1) is 5.82 Å². The number of nitrogens with zero attached hydrogens (tertiary/aromatic N) is 4. The van der Waals surface area contributed by atoms with E-state index in [4.69, 9.17) is 5.11 Å². The highest BCUT2D eigenvalue weighted by atomic mass is 32.2. The van der Waals surface area contributed by atoms with Crippen LogP contribution in [0.2, 0.25) is 0 Å². The number of hydrogen-bond acceptors (Lipinski definition) is 5. The van der Waals surface area contributed by atoms with Crippen LogP contribution in [0.1, 0.15) is 15.9 Å². The minimum atomic E-state index is -1.15. The Morgan fingerprint density at radius 2 is 2.28 bits per heavy atom. The van der Waals surface area contributed by atoms with Crippen LogP contribution in [0.4, 0.5) is 4.39 Å². The molecule has 18 heavy (non-hydrogen) atoms. The van der Waals surface area contributed by atoms with Crippen LogP contribution in [0.5, 0.6) is 0 Å². The average molecular weight is 268 g/mol. The first-order valence-corrected chi connectivity index (χ1v) is 5.93. The van der Waals surface area contributed by atoms with E-state index in [-0.39, 0.29) is 5.56 Å². The molecule has 1 aromatic heterocycles. The number of rotatable bonds is 4. The summed E-state index contributed by atoms with van der Waals surface area (Å²) in [6.07, 6.45) is 0. The van der Waals surface area contributed by atoms with Gasteiger partial charge in [0.05, 0.1) is 5.56 Å². The van der Waals surface area contributed by atoms with Crippen LogP contribution >= 0.6 is 11.8 Å². The van der Waals surface area contributed by atoms with Gasteiger partial charge in [-0.15, -0.1) is 5.10 Å². The van der Waals surface area contributed by atoms with Crippen molar-refractivity contribution < 1.29 is 14.3 Å². The number of tetrazole rings is 1. The molecule has 0 radical (unpaired) electrons. The lowest BCUT2D eigenvalue weighted by atomic mass is 10.1. The van der Waals surface area contributed by atoms with Crippen LogP contribution in [0.3, 0.4) is 0 Å². The highest BCUT2D eigenvalue weighted by Gasteiger charge is 2.09. The molecule has 0 aliphatic heterocycles. The van der Waals surface area contributed by atoms with Crippen molar-refractivity contribution in [3.05, 3.63) is 35.1 Å². The monoisotopic (exact) mass is 268 g/mol. The molecule has 2 rings (SSSR count). The molecule has 0 aliphatic rings. The summed E-state index contributed by atoms with van der Waals surface area (Å²) in [6, 6.07) is 3.71. The Morgan fingerprint density at radius 1 is 1.50 bits per heavy atom. The van der Waals surface area contributed by atoms with E-state index >= 15 is 0 Å². The molecule has 0 bridgehead atoms. The Bertz CT molecular complexity index is 587. The molecule has 0 fully saturated rings. The van der Waals surface area contributed by atoms with Gasteiger partial charge in [0.1, 0.15) is 5.82 Å². The Morgan fingerprint density at radius 3 is 2.89 bits per heavy atom. The van der Waals surface area contributed by atoms with Crippen LogP contribution in [0.25, 0.3) is 0 Å². The molecule has 1 aromatic carbocycles. The second-order valence-corrected chi connectivity index (χ2v) is 4.47. The van der Waals surface area contributed by atoms with Gasteiger partial charge in [-0.05, 0) is 34.2 Å². The third-order valence-electron chi connectivity index (χ3n) is 2.15. The van der Waals surface area contributed by atoms with E-state index < -0.39 is 11.8 Å². The molecule has 8 heteroatoms. The van der Waals surface area contributed by atoms with Crippen molar-refractivity contribution in [2.45, 2.75) is 10.9 Å². The van der Waals surface area contributed by atoms with Crippen LogP contribution in [-0.4, -0.2) is 31.3 Å². The zero-order valence-electron chi connectivity index (χ0n) is 9.37. The molecule has 0 aliphatic carbocycles. The molecule has 0 amide bonds. The number of carboxylic acids is 1. The average Bonchev–Trinajstić information content (AvgIpc) is 2.71.